The quantitative estimate of drug-likeness (QED) is 0.924. The van der Waals surface area contributed by atoms with Crippen LogP contribution in [0.2, 0.25) is 0 Å². The summed E-state index contributed by atoms with van der Waals surface area (Å²) < 4.78 is 0. The summed E-state index contributed by atoms with van der Waals surface area (Å²) in [6, 6.07) is 10.4. The van der Waals surface area contributed by atoms with Crippen molar-refractivity contribution in [1.29, 1.82) is 0 Å². The molecule has 0 radical (unpaired) electrons. The molecular formula is C15H23ClN2O. The average Bonchev–Trinajstić information content (AvgIpc) is 2.71. The minimum atomic E-state index is -0.386. The molecule has 4 heteroatoms. The van der Waals surface area contributed by atoms with Crippen LogP contribution in [0.1, 0.15) is 25.8 Å². The summed E-state index contributed by atoms with van der Waals surface area (Å²) in [7, 11) is 0. The number of nitrogens with two attached hydrogens (primary N) is 1. The van der Waals surface area contributed by atoms with Crippen molar-refractivity contribution in [3.63, 3.8) is 0 Å². The number of nitrogens with zero attached hydrogens (tertiary/aromatic N) is 1. The fraction of sp³-hybridized carbons (Fsp3) is 0.533. The van der Waals surface area contributed by atoms with Crippen molar-refractivity contribution in [2.24, 2.45) is 11.7 Å². The summed E-state index contributed by atoms with van der Waals surface area (Å²) in [6.07, 6.45) is 2.12. The van der Waals surface area contributed by atoms with E-state index in [0.29, 0.717) is 12.0 Å². The molecule has 1 fully saturated rings. The van der Waals surface area contributed by atoms with E-state index < -0.39 is 0 Å². The molecule has 2 rings (SSSR count). The van der Waals surface area contributed by atoms with Gasteiger partial charge in [0.2, 0.25) is 5.91 Å². The first-order valence-corrected chi connectivity index (χ1v) is 6.69. The lowest BCUT2D eigenvalue weighted by Gasteiger charge is -2.26. The van der Waals surface area contributed by atoms with Crippen LogP contribution in [0.5, 0.6) is 0 Å². The molecule has 0 aromatic heterocycles. The molecular weight excluding hydrogens is 260 g/mol. The Balaban J connectivity index is 0.00000180. The highest BCUT2D eigenvalue weighted by Gasteiger charge is 2.34. The van der Waals surface area contributed by atoms with Crippen molar-refractivity contribution in [3.05, 3.63) is 35.9 Å². The van der Waals surface area contributed by atoms with Gasteiger partial charge in [-0.1, -0.05) is 30.3 Å². The molecule has 1 aliphatic heterocycles. The van der Waals surface area contributed by atoms with E-state index in [-0.39, 0.29) is 24.4 Å². The van der Waals surface area contributed by atoms with Crippen LogP contribution in [0.3, 0.4) is 0 Å². The van der Waals surface area contributed by atoms with Crippen molar-refractivity contribution in [2.75, 3.05) is 6.54 Å². The van der Waals surface area contributed by atoms with Gasteiger partial charge < -0.3 is 10.6 Å². The van der Waals surface area contributed by atoms with Crippen LogP contribution in [0.15, 0.2) is 30.3 Å². The first-order valence-electron chi connectivity index (χ1n) is 6.69. The first-order chi connectivity index (χ1) is 8.59. The van der Waals surface area contributed by atoms with Gasteiger partial charge in [0, 0.05) is 12.6 Å². The summed E-state index contributed by atoms with van der Waals surface area (Å²) in [6.45, 7) is 4.75. The molecule has 0 aliphatic carbocycles. The Hall–Kier alpha value is -1.06. The number of hydrogen-bond donors (Lipinski definition) is 1. The second-order valence-corrected chi connectivity index (χ2v) is 5.30. The third-order valence-corrected chi connectivity index (χ3v) is 3.93. The van der Waals surface area contributed by atoms with Gasteiger partial charge in [-0.25, -0.2) is 0 Å². The first kappa shape index (κ1) is 16.0. The van der Waals surface area contributed by atoms with Gasteiger partial charge in [-0.05, 0) is 38.2 Å². The molecule has 0 bridgehead atoms. The average molecular weight is 283 g/mol. The molecule has 2 unspecified atom stereocenters. The summed E-state index contributed by atoms with van der Waals surface area (Å²) in [4.78, 5) is 13.9. The van der Waals surface area contributed by atoms with Gasteiger partial charge in [0.1, 0.15) is 0 Å². The zero-order valence-corrected chi connectivity index (χ0v) is 12.4. The number of halogens is 1. The highest BCUT2D eigenvalue weighted by molar-refractivity contribution is 5.85. The van der Waals surface area contributed by atoms with Crippen LogP contribution in [0, 0.1) is 5.92 Å². The van der Waals surface area contributed by atoms with E-state index in [9.17, 15) is 4.79 Å². The van der Waals surface area contributed by atoms with Gasteiger partial charge in [0.15, 0.2) is 0 Å². The second-order valence-electron chi connectivity index (χ2n) is 5.30. The van der Waals surface area contributed by atoms with E-state index in [4.69, 9.17) is 5.73 Å². The lowest BCUT2D eigenvalue weighted by molar-refractivity contribution is -0.133. The molecule has 1 aliphatic rings. The van der Waals surface area contributed by atoms with Crippen LogP contribution in [-0.2, 0) is 11.2 Å². The van der Waals surface area contributed by atoms with Crippen LogP contribution >= 0.6 is 12.4 Å². The van der Waals surface area contributed by atoms with Crippen molar-refractivity contribution >= 4 is 18.3 Å². The molecule has 2 N–H and O–H groups in total. The summed E-state index contributed by atoms with van der Waals surface area (Å²) in [5.74, 6) is 0.633. The van der Waals surface area contributed by atoms with Gasteiger partial charge in [-0.3, -0.25) is 4.79 Å². The van der Waals surface area contributed by atoms with Crippen LogP contribution in [-0.4, -0.2) is 29.4 Å². The van der Waals surface area contributed by atoms with E-state index in [2.05, 4.69) is 31.2 Å². The Kier molecular flexibility index (Phi) is 5.83. The SMILES string of the molecule is CC1C(Cc2ccccc2)CCN1C(=O)[C@@H](C)N.Cl. The number of carbonyl (C=O) groups excluding carboxylic acids is 1. The second kappa shape index (κ2) is 6.92. The fourth-order valence-corrected chi connectivity index (χ4v) is 2.77. The van der Waals surface area contributed by atoms with Crippen molar-refractivity contribution in [3.8, 4) is 0 Å². The molecule has 1 amide bonds. The Labute approximate surface area is 121 Å². The third-order valence-electron chi connectivity index (χ3n) is 3.93. The van der Waals surface area contributed by atoms with Crippen molar-refractivity contribution < 1.29 is 4.79 Å². The zero-order chi connectivity index (χ0) is 13.1. The Morgan fingerprint density at radius 2 is 2.05 bits per heavy atom. The Morgan fingerprint density at radius 1 is 1.42 bits per heavy atom. The number of likely N-dealkylation sites (tertiary alicyclic amines) is 1. The van der Waals surface area contributed by atoms with E-state index in [1.807, 2.05) is 11.0 Å². The van der Waals surface area contributed by atoms with E-state index in [1.54, 1.807) is 6.92 Å². The fourth-order valence-electron chi connectivity index (χ4n) is 2.77. The lowest BCUT2D eigenvalue weighted by atomic mass is 9.93. The molecule has 1 aromatic carbocycles. The zero-order valence-electron chi connectivity index (χ0n) is 11.6. The molecule has 1 heterocycles. The van der Waals surface area contributed by atoms with Gasteiger partial charge in [0.25, 0.3) is 0 Å². The molecule has 3 atom stereocenters. The molecule has 1 saturated heterocycles. The summed E-state index contributed by atoms with van der Waals surface area (Å²) >= 11 is 0. The Bertz CT molecular complexity index is 408. The Morgan fingerprint density at radius 3 is 2.63 bits per heavy atom. The number of hydrogen-bond acceptors (Lipinski definition) is 2. The van der Waals surface area contributed by atoms with E-state index >= 15 is 0 Å². The molecule has 1 aromatic rings. The predicted molar refractivity (Wildman–Crippen MR) is 80.3 cm³/mol. The molecule has 3 nitrogen and oxygen atoms in total. The maximum atomic E-state index is 12.0. The smallest absolute Gasteiger partial charge is 0.239 e. The van der Waals surface area contributed by atoms with Gasteiger partial charge in [-0.15, -0.1) is 12.4 Å². The van der Waals surface area contributed by atoms with E-state index in [0.717, 1.165) is 19.4 Å². The van der Waals surface area contributed by atoms with Crippen molar-refractivity contribution in [1.82, 2.24) is 4.90 Å². The van der Waals surface area contributed by atoms with Gasteiger partial charge in [0.05, 0.1) is 6.04 Å². The summed E-state index contributed by atoms with van der Waals surface area (Å²) in [5.41, 5.74) is 7.04. The van der Waals surface area contributed by atoms with E-state index in [1.165, 1.54) is 5.56 Å². The largest absolute Gasteiger partial charge is 0.338 e. The molecule has 19 heavy (non-hydrogen) atoms. The standard InChI is InChI=1S/C15H22N2O.ClH/c1-11(16)15(18)17-9-8-14(12(17)2)10-13-6-4-3-5-7-13;/h3-7,11-12,14H,8-10,16H2,1-2H3;1H/t11-,12?,14?;/m1./s1. The predicted octanol–water partition coefficient (Wildman–Crippen LogP) is 2.24. The van der Waals surface area contributed by atoms with Crippen LogP contribution < -0.4 is 5.73 Å². The molecule has 0 spiro atoms. The van der Waals surface area contributed by atoms with Crippen LogP contribution in [0.4, 0.5) is 0 Å². The maximum Gasteiger partial charge on any atom is 0.239 e. The maximum absolute atomic E-state index is 12.0. The number of amides is 1. The van der Waals surface area contributed by atoms with Crippen LogP contribution in [0.25, 0.3) is 0 Å². The lowest BCUT2D eigenvalue weighted by Crippen LogP contribution is -2.44. The number of carbonyl (C=O) groups is 1. The normalized spacial score (nSPS) is 23.8. The minimum absolute atomic E-state index is 0. The van der Waals surface area contributed by atoms with Gasteiger partial charge in [-0.2, -0.15) is 0 Å². The number of rotatable bonds is 3. The highest BCUT2D eigenvalue weighted by atomic mass is 35.5. The molecule has 106 valence electrons. The minimum Gasteiger partial charge on any atom is -0.338 e. The number of benzene rings is 1. The monoisotopic (exact) mass is 282 g/mol. The summed E-state index contributed by atoms with van der Waals surface area (Å²) in [5, 5.41) is 0. The van der Waals surface area contributed by atoms with Gasteiger partial charge >= 0.3 is 0 Å². The highest BCUT2D eigenvalue weighted by Crippen LogP contribution is 2.27. The third kappa shape index (κ3) is 3.71. The molecule has 0 saturated carbocycles. The van der Waals surface area contributed by atoms with Crippen molar-refractivity contribution in [2.45, 2.75) is 38.8 Å². The topological polar surface area (TPSA) is 46.3 Å².